The molecule has 0 unspecified atom stereocenters. The molecule has 1 fully saturated rings. The summed E-state index contributed by atoms with van der Waals surface area (Å²) in [7, 11) is 0. The van der Waals surface area contributed by atoms with E-state index in [0.717, 1.165) is 49.2 Å². The number of hydrogen-bond donors (Lipinski definition) is 0. The third kappa shape index (κ3) is 2.75. The highest BCUT2D eigenvalue weighted by Gasteiger charge is 2.34. The van der Waals surface area contributed by atoms with E-state index in [1.54, 1.807) is 0 Å². The third-order valence-electron chi connectivity index (χ3n) is 3.83. The molecule has 3 nitrogen and oxygen atoms in total. The monoisotopic (exact) mass is 334 g/mol. The first-order chi connectivity index (χ1) is 8.62. The summed E-state index contributed by atoms with van der Waals surface area (Å²) in [6, 6.07) is 0. The molecule has 0 N–H and O–H groups in total. The second-order valence-electron chi connectivity index (χ2n) is 5.08. The van der Waals surface area contributed by atoms with Crippen LogP contribution in [0.1, 0.15) is 31.2 Å². The van der Waals surface area contributed by atoms with E-state index in [2.05, 4.69) is 32.6 Å². The van der Waals surface area contributed by atoms with Gasteiger partial charge in [0.1, 0.15) is 0 Å². The summed E-state index contributed by atoms with van der Waals surface area (Å²) in [5, 5.41) is 4.56. The van der Waals surface area contributed by atoms with Gasteiger partial charge in [-0.1, -0.05) is 0 Å². The molecule has 0 aliphatic carbocycles. The molecular weight excluding hydrogens is 316 g/mol. The van der Waals surface area contributed by atoms with Crippen LogP contribution in [0, 0.1) is 12.3 Å². The van der Waals surface area contributed by atoms with Crippen LogP contribution in [-0.2, 0) is 17.7 Å². The molecule has 2 heterocycles. The maximum absolute atomic E-state index is 6.24. The van der Waals surface area contributed by atoms with Crippen LogP contribution in [0.15, 0.2) is 4.47 Å². The highest BCUT2D eigenvalue weighted by molar-refractivity contribution is 9.10. The first-order valence-electron chi connectivity index (χ1n) is 6.47. The van der Waals surface area contributed by atoms with E-state index in [0.29, 0.717) is 5.88 Å². The van der Waals surface area contributed by atoms with E-state index < -0.39 is 0 Å². The van der Waals surface area contributed by atoms with E-state index in [4.69, 9.17) is 16.3 Å². The lowest BCUT2D eigenvalue weighted by Crippen LogP contribution is -2.34. The van der Waals surface area contributed by atoms with Gasteiger partial charge in [0.05, 0.1) is 15.9 Å². The molecule has 0 amide bonds. The summed E-state index contributed by atoms with van der Waals surface area (Å²) in [6.45, 7) is 6.71. The number of ether oxygens (including phenoxy) is 1. The summed E-state index contributed by atoms with van der Waals surface area (Å²) in [4.78, 5) is 0. The summed E-state index contributed by atoms with van der Waals surface area (Å²) in [5.41, 5.74) is 2.50. The number of halogens is 2. The van der Waals surface area contributed by atoms with E-state index in [9.17, 15) is 0 Å². The Morgan fingerprint density at radius 2 is 2.11 bits per heavy atom. The quantitative estimate of drug-likeness (QED) is 0.787. The lowest BCUT2D eigenvalue weighted by Gasteiger charge is -2.35. The Morgan fingerprint density at radius 1 is 1.44 bits per heavy atom. The van der Waals surface area contributed by atoms with Crippen LogP contribution in [0.3, 0.4) is 0 Å². The predicted molar refractivity (Wildman–Crippen MR) is 77.2 cm³/mol. The van der Waals surface area contributed by atoms with E-state index in [1.165, 1.54) is 5.69 Å². The van der Waals surface area contributed by atoms with Crippen LogP contribution >= 0.6 is 27.5 Å². The molecule has 0 bridgehead atoms. The lowest BCUT2D eigenvalue weighted by molar-refractivity contribution is 0.0248. The maximum atomic E-state index is 6.24. The number of rotatable bonds is 4. The Balaban J connectivity index is 2.26. The Hall–Kier alpha value is -0.0600. The molecule has 0 saturated carbocycles. The Kier molecular flexibility index (Phi) is 4.73. The van der Waals surface area contributed by atoms with Crippen molar-refractivity contribution in [2.75, 3.05) is 19.1 Å². The van der Waals surface area contributed by atoms with Crippen LogP contribution < -0.4 is 0 Å². The normalized spacial score (nSPS) is 19.1. The maximum Gasteiger partial charge on any atom is 0.0738 e. The van der Waals surface area contributed by atoms with Gasteiger partial charge in [-0.2, -0.15) is 5.10 Å². The number of nitrogens with zero attached hydrogens (tertiary/aromatic N) is 2. The third-order valence-corrected chi connectivity index (χ3v) is 5.43. The minimum atomic E-state index is 0.168. The van der Waals surface area contributed by atoms with Gasteiger partial charge in [0, 0.05) is 25.6 Å². The Morgan fingerprint density at radius 3 is 2.67 bits per heavy atom. The summed E-state index contributed by atoms with van der Waals surface area (Å²) < 4.78 is 8.69. The summed E-state index contributed by atoms with van der Waals surface area (Å²) >= 11 is 9.91. The molecule has 0 aromatic carbocycles. The molecule has 1 aromatic heterocycles. The zero-order valence-electron chi connectivity index (χ0n) is 11.0. The number of aryl methyl sites for hydroxylation is 2. The molecular formula is C13H20BrClN2O. The van der Waals surface area contributed by atoms with Gasteiger partial charge in [-0.15, -0.1) is 11.6 Å². The molecule has 0 spiro atoms. The largest absolute Gasteiger partial charge is 0.381 e. The van der Waals surface area contributed by atoms with Crippen molar-refractivity contribution in [3.8, 4) is 0 Å². The van der Waals surface area contributed by atoms with Crippen molar-refractivity contribution in [1.29, 1.82) is 0 Å². The van der Waals surface area contributed by atoms with Gasteiger partial charge >= 0.3 is 0 Å². The van der Waals surface area contributed by atoms with Crippen molar-refractivity contribution in [1.82, 2.24) is 9.78 Å². The van der Waals surface area contributed by atoms with Crippen LogP contribution in [0.25, 0.3) is 0 Å². The van der Waals surface area contributed by atoms with Crippen molar-refractivity contribution >= 4 is 27.5 Å². The molecule has 0 radical (unpaired) electrons. The highest BCUT2D eigenvalue weighted by Crippen LogP contribution is 2.37. The number of alkyl halides is 1. The second kappa shape index (κ2) is 5.93. The molecule has 102 valence electrons. The van der Waals surface area contributed by atoms with Crippen molar-refractivity contribution in [2.45, 2.75) is 39.7 Å². The standard InChI is InChI=1S/C13H20BrClN2O/c1-3-17-11(12(14)10(2)16-17)8-13(9-15)4-6-18-7-5-13/h3-9H2,1-2H3. The molecule has 5 heteroatoms. The van der Waals surface area contributed by atoms with Crippen LogP contribution in [0.5, 0.6) is 0 Å². The second-order valence-corrected chi connectivity index (χ2v) is 6.14. The Labute approximate surface area is 122 Å². The fourth-order valence-corrected chi connectivity index (χ4v) is 3.34. The van der Waals surface area contributed by atoms with Gasteiger partial charge in [0.25, 0.3) is 0 Å². The van der Waals surface area contributed by atoms with Gasteiger partial charge in [0.15, 0.2) is 0 Å². The zero-order valence-corrected chi connectivity index (χ0v) is 13.4. The minimum absolute atomic E-state index is 0.168. The summed E-state index contributed by atoms with van der Waals surface area (Å²) in [5.74, 6) is 0.691. The molecule has 1 saturated heterocycles. The fourth-order valence-electron chi connectivity index (χ4n) is 2.56. The molecule has 18 heavy (non-hydrogen) atoms. The van der Waals surface area contributed by atoms with Crippen molar-refractivity contribution in [3.05, 3.63) is 15.9 Å². The van der Waals surface area contributed by atoms with Gasteiger partial charge in [-0.05, 0) is 54.5 Å². The molecule has 2 rings (SSSR count). The van der Waals surface area contributed by atoms with Crippen LogP contribution in [0.4, 0.5) is 0 Å². The van der Waals surface area contributed by atoms with Crippen molar-refractivity contribution in [3.63, 3.8) is 0 Å². The number of hydrogen-bond acceptors (Lipinski definition) is 2. The first-order valence-corrected chi connectivity index (χ1v) is 7.80. The SMILES string of the molecule is CCn1nc(C)c(Br)c1CC1(CCl)CCOCC1. The Bertz CT molecular complexity index is 413. The van der Waals surface area contributed by atoms with Crippen LogP contribution in [0.2, 0.25) is 0 Å². The molecule has 0 atom stereocenters. The highest BCUT2D eigenvalue weighted by atomic mass is 79.9. The van der Waals surface area contributed by atoms with Crippen molar-refractivity contribution < 1.29 is 4.74 Å². The van der Waals surface area contributed by atoms with Gasteiger partial charge in [-0.3, -0.25) is 4.68 Å². The molecule has 1 aliphatic rings. The van der Waals surface area contributed by atoms with E-state index in [-0.39, 0.29) is 5.41 Å². The average molecular weight is 336 g/mol. The van der Waals surface area contributed by atoms with Gasteiger partial charge in [-0.25, -0.2) is 0 Å². The lowest BCUT2D eigenvalue weighted by atomic mass is 9.78. The number of aromatic nitrogens is 2. The smallest absolute Gasteiger partial charge is 0.0738 e. The summed E-state index contributed by atoms with van der Waals surface area (Å²) in [6.07, 6.45) is 3.06. The average Bonchev–Trinajstić information content (AvgIpc) is 2.67. The minimum Gasteiger partial charge on any atom is -0.381 e. The van der Waals surface area contributed by atoms with Crippen molar-refractivity contribution in [2.24, 2.45) is 5.41 Å². The zero-order chi connectivity index (χ0) is 13.2. The molecule has 1 aliphatic heterocycles. The predicted octanol–water partition coefficient (Wildman–Crippen LogP) is 3.55. The van der Waals surface area contributed by atoms with E-state index >= 15 is 0 Å². The van der Waals surface area contributed by atoms with Gasteiger partial charge < -0.3 is 4.74 Å². The first kappa shape index (κ1) is 14.4. The fraction of sp³-hybridized carbons (Fsp3) is 0.769. The molecule has 1 aromatic rings. The van der Waals surface area contributed by atoms with Crippen LogP contribution in [-0.4, -0.2) is 28.9 Å². The van der Waals surface area contributed by atoms with E-state index in [1.807, 2.05) is 6.92 Å². The van der Waals surface area contributed by atoms with Gasteiger partial charge in [0.2, 0.25) is 0 Å². The topological polar surface area (TPSA) is 27.1 Å².